The molecule has 0 aromatic rings. The van der Waals surface area contributed by atoms with Crippen LogP contribution in [0.4, 0.5) is 0 Å². The zero-order chi connectivity index (χ0) is 5.82. The van der Waals surface area contributed by atoms with Gasteiger partial charge in [0.25, 0.3) is 0 Å². The van der Waals surface area contributed by atoms with Crippen LogP contribution in [0.2, 0.25) is 0 Å². The Morgan fingerprint density at radius 1 is 1.62 bits per heavy atom. The lowest BCUT2D eigenvalue weighted by atomic mass is 9.98. The summed E-state index contributed by atoms with van der Waals surface area (Å²) in [4.78, 5) is 0. The predicted octanol–water partition coefficient (Wildman–Crippen LogP) is 2.74. The van der Waals surface area contributed by atoms with Crippen LogP contribution in [0.1, 0.15) is 19.3 Å². The quantitative estimate of drug-likeness (QED) is 0.424. The van der Waals surface area contributed by atoms with E-state index in [0.29, 0.717) is 0 Å². The maximum Gasteiger partial charge on any atom is 0.00943 e. The fourth-order valence-corrected chi connectivity index (χ4v) is 1.55. The fourth-order valence-electron chi connectivity index (χ4n) is 1.01. The zero-order valence-corrected chi connectivity index (χ0v) is 6.52. The number of alkyl halides is 1. The lowest BCUT2D eigenvalue weighted by Crippen LogP contribution is -2.00. The Labute approximate surface area is 59.1 Å². The first kappa shape index (κ1) is 6.34. The van der Waals surface area contributed by atoms with Gasteiger partial charge in [-0.3, -0.25) is 0 Å². The molecule has 8 heavy (non-hydrogen) atoms. The molecule has 1 aliphatic carbocycles. The van der Waals surface area contributed by atoms with Gasteiger partial charge in [-0.2, -0.15) is 0 Å². The molecule has 0 aromatic heterocycles. The molecule has 1 aliphatic rings. The molecule has 0 aliphatic heterocycles. The SMILES string of the molecule is BrC[C@@H]1C=CCCC1. The van der Waals surface area contributed by atoms with Crippen molar-refractivity contribution >= 4 is 15.9 Å². The lowest BCUT2D eigenvalue weighted by molar-refractivity contribution is 0.595. The summed E-state index contributed by atoms with van der Waals surface area (Å²) in [5.74, 6) is 0.823. The van der Waals surface area contributed by atoms with Crippen molar-refractivity contribution in [2.45, 2.75) is 19.3 Å². The Bertz CT molecular complexity index is 86.4. The topological polar surface area (TPSA) is 0 Å². The van der Waals surface area contributed by atoms with Gasteiger partial charge in [0.15, 0.2) is 0 Å². The van der Waals surface area contributed by atoms with Gasteiger partial charge in [-0.05, 0) is 25.2 Å². The normalized spacial score (nSPS) is 28.4. The number of allylic oxidation sites excluding steroid dienone is 2. The first-order chi connectivity index (χ1) is 3.93. The molecule has 0 fully saturated rings. The van der Waals surface area contributed by atoms with Crippen LogP contribution in [0.15, 0.2) is 12.2 Å². The van der Waals surface area contributed by atoms with Crippen LogP contribution in [0.3, 0.4) is 0 Å². The minimum Gasteiger partial charge on any atom is -0.0922 e. The van der Waals surface area contributed by atoms with Crippen molar-refractivity contribution in [2.24, 2.45) is 5.92 Å². The highest BCUT2D eigenvalue weighted by Gasteiger charge is 2.04. The fraction of sp³-hybridized carbons (Fsp3) is 0.714. The third kappa shape index (κ3) is 1.62. The van der Waals surface area contributed by atoms with Crippen molar-refractivity contribution < 1.29 is 0 Å². The highest BCUT2D eigenvalue weighted by molar-refractivity contribution is 9.09. The molecule has 0 N–H and O–H groups in total. The van der Waals surface area contributed by atoms with Crippen molar-refractivity contribution in [1.29, 1.82) is 0 Å². The molecule has 0 unspecified atom stereocenters. The van der Waals surface area contributed by atoms with Gasteiger partial charge in [0, 0.05) is 5.33 Å². The highest BCUT2D eigenvalue weighted by atomic mass is 79.9. The van der Waals surface area contributed by atoms with E-state index in [1.54, 1.807) is 0 Å². The molecular weight excluding hydrogens is 164 g/mol. The third-order valence-electron chi connectivity index (χ3n) is 1.55. The molecule has 1 atom stereocenters. The molecular formula is C7H11Br. The minimum absolute atomic E-state index is 0.823. The van der Waals surface area contributed by atoms with Crippen LogP contribution in [-0.2, 0) is 0 Å². The molecule has 0 spiro atoms. The van der Waals surface area contributed by atoms with Gasteiger partial charge in [0.05, 0.1) is 0 Å². The van der Waals surface area contributed by atoms with E-state index in [0.717, 1.165) is 11.2 Å². The summed E-state index contributed by atoms with van der Waals surface area (Å²) in [6.45, 7) is 0. The Hall–Kier alpha value is 0.220. The van der Waals surface area contributed by atoms with E-state index in [2.05, 4.69) is 28.1 Å². The van der Waals surface area contributed by atoms with Crippen molar-refractivity contribution in [3.8, 4) is 0 Å². The van der Waals surface area contributed by atoms with Gasteiger partial charge in [-0.25, -0.2) is 0 Å². The molecule has 0 saturated carbocycles. The highest BCUT2D eigenvalue weighted by Crippen LogP contribution is 2.18. The summed E-state index contributed by atoms with van der Waals surface area (Å²) in [6.07, 6.45) is 8.66. The van der Waals surface area contributed by atoms with Crippen LogP contribution < -0.4 is 0 Å². The summed E-state index contributed by atoms with van der Waals surface area (Å²) >= 11 is 3.46. The largest absolute Gasteiger partial charge is 0.0922 e. The molecule has 0 aromatic carbocycles. The first-order valence-electron chi connectivity index (χ1n) is 3.16. The van der Waals surface area contributed by atoms with Gasteiger partial charge in [0.1, 0.15) is 0 Å². The zero-order valence-electron chi connectivity index (χ0n) is 4.94. The van der Waals surface area contributed by atoms with Gasteiger partial charge < -0.3 is 0 Å². The number of hydrogen-bond donors (Lipinski definition) is 0. The Kier molecular flexibility index (Phi) is 2.60. The monoisotopic (exact) mass is 174 g/mol. The standard InChI is InChI=1S/C7H11Br/c8-6-7-4-2-1-3-5-7/h2,4,7H,1,3,5-6H2/t7-/m1/s1. The molecule has 0 saturated heterocycles. The number of hydrogen-bond acceptors (Lipinski definition) is 0. The molecule has 0 bridgehead atoms. The van der Waals surface area contributed by atoms with E-state index in [9.17, 15) is 0 Å². The molecule has 0 nitrogen and oxygen atoms in total. The van der Waals surface area contributed by atoms with Crippen LogP contribution in [0.25, 0.3) is 0 Å². The molecule has 1 heteroatoms. The van der Waals surface area contributed by atoms with Crippen molar-refractivity contribution in [3.63, 3.8) is 0 Å². The van der Waals surface area contributed by atoms with Crippen LogP contribution >= 0.6 is 15.9 Å². The Balaban J connectivity index is 2.32. The van der Waals surface area contributed by atoms with Crippen LogP contribution in [0.5, 0.6) is 0 Å². The van der Waals surface area contributed by atoms with Crippen molar-refractivity contribution in [1.82, 2.24) is 0 Å². The maximum atomic E-state index is 3.46. The summed E-state index contributed by atoms with van der Waals surface area (Å²) in [6, 6.07) is 0. The second kappa shape index (κ2) is 3.29. The van der Waals surface area contributed by atoms with Gasteiger partial charge in [-0.1, -0.05) is 28.1 Å². The van der Waals surface area contributed by atoms with E-state index < -0.39 is 0 Å². The predicted molar refractivity (Wildman–Crippen MR) is 40.3 cm³/mol. The molecule has 0 radical (unpaired) electrons. The summed E-state index contributed by atoms with van der Waals surface area (Å²) in [7, 11) is 0. The van der Waals surface area contributed by atoms with Gasteiger partial charge >= 0.3 is 0 Å². The van der Waals surface area contributed by atoms with Crippen molar-refractivity contribution in [3.05, 3.63) is 12.2 Å². The molecule has 1 rings (SSSR count). The summed E-state index contributed by atoms with van der Waals surface area (Å²) in [5.41, 5.74) is 0. The van der Waals surface area contributed by atoms with E-state index in [4.69, 9.17) is 0 Å². The van der Waals surface area contributed by atoms with Crippen LogP contribution in [-0.4, -0.2) is 5.33 Å². The number of halogens is 1. The molecule has 46 valence electrons. The van der Waals surface area contributed by atoms with Crippen LogP contribution in [0, 0.1) is 5.92 Å². The molecule has 0 heterocycles. The Morgan fingerprint density at radius 3 is 2.88 bits per heavy atom. The molecule has 0 amide bonds. The first-order valence-corrected chi connectivity index (χ1v) is 4.28. The average Bonchev–Trinajstić information content (AvgIpc) is 1.90. The Morgan fingerprint density at radius 2 is 2.50 bits per heavy atom. The number of rotatable bonds is 1. The second-order valence-electron chi connectivity index (χ2n) is 2.27. The van der Waals surface area contributed by atoms with Gasteiger partial charge in [-0.15, -0.1) is 0 Å². The smallest absolute Gasteiger partial charge is 0.00943 e. The summed E-state index contributed by atoms with van der Waals surface area (Å²) < 4.78 is 0. The second-order valence-corrected chi connectivity index (χ2v) is 2.92. The minimum atomic E-state index is 0.823. The average molecular weight is 175 g/mol. The van der Waals surface area contributed by atoms with E-state index in [1.807, 2.05) is 0 Å². The van der Waals surface area contributed by atoms with Crippen molar-refractivity contribution in [2.75, 3.05) is 5.33 Å². The van der Waals surface area contributed by atoms with E-state index in [-0.39, 0.29) is 0 Å². The maximum absolute atomic E-state index is 3.46. The summed E-state index contributed by atoms with van der Waals surface area (Å²) in [5, 5.41) is 1.14. The lowest BCUT2D eigenvalue weighted by Gasteiger charge is -2.11. The third-order valence-corrected chi connectivity index (χ3v) is 2.38. The van der Waals surface area contributed by atoms with E-state index >= 15 is 0 Å². The van der Waals surface area contributed by atoms with E-state index in [1.165, 1.54) is 19.3 Å². The van der Waals surface area contributed by atoms with Gasteiger partial charge in [0.2, 0.25) is 0 Å².